The molecule has 1 aliphatic rings. The fourth-order valence-electron chi connectivity index (χ4n) is 2.55. The normalized spacial score (nSPS) is 19.5. The van der Waals surface area contributed by atoms with Crippen molar-refractivity contribution >= 4 is 17.8 Å². The molecule has 0 aromatic carbocycles. The molecule has 0 aliphatic carbocycles. The van der Waals surface area contributed by atoms with Crippen molar-refractivity contribution in [2.24, 2.45) is 5.41 Å². The molecule has 0 aromatic rings. The van der Waals surface area contributed by atoms with Crippen LogP contribution in [0.1, 0.15) is 53.9 Å². The number of hydrogen-bond donors (Lipinski definition) is 2. The second-order valence-corrected chi connectivity index (χ2v) is 7.35. The van der Waals surface area contributed by atoms with Crippen LogP contribution < -0.4 is 5.32 Å². The molecule has 1 unspecified atom stereocenters. The summed E-state index contributed by atoms with van der Waals surface area (Å²) in [5.74, 6) is -1.28. The van der Waals surface area contributed by atoms with Crippen LogP contribution in [0, 0.1) is 5.41 Å². The van der Waals surface area contributed by atoms with Crippen molar-refractivity contribution in [1.29, 1.82) is 0 Å². The molecular weight excluding hydrogens is 272 g/mol. The Balaban J connectivity index is 2.77. The van der Waals surface area contributed by atoms with Crippen LogP contribution in [0.25, 0.3) is 0 Å². The summed E-state index contributed by atoms with van der Waals surface area (Å²) in [7, 11) is 0. The summed E-state index contributed by atoms with van der Waals surface area (Å²) >= 11 is 0. The highest BCUT2D eigenvalue weighted by molar-refractivity contribution is 5.90. The summed E-state index contributed by atoms with van der Waals surface area (Å²) in [6.07, 6.45) is 1.26. The van der Waals surface area contributed by atoms with Gasteiger partial charge in [0.15, 0.2) is 0 Å². The number of rotatable bonds is 4. The molecule has 6 heteroatoms. The van der Waals surface area contributed by atoms with Crippen molar-refractivity contribution in [3.63, 3.8) is 0 Å². The van der Waals surface area contributed by atoms with Crippen LogP contribution in [0.3, 0.4) is 0 Å². The van der Waals surface area contributed by atoms with E-state index in [0.717, 1.165) is 6.42 Å². The number of carbonyl (C=O) groups excluding carboxylic acids is 2. The molecule has 1 aliphatic heterocycles. The van der Waals surface area contributed by atoms with Gasteiger partial charge in [0.25, 0.3) is 0 Å². The minimum atomic E-state index is -0.964. The number of likely N-dealkylation sites (tertiary alicyclic amines) is 1. The number of carbonyl (C=O) groups is 3. The summed E-state index contributed by atoms with van der Waals surface area (Å²) in [6, 6.07) is -0.496. The minimum absolute atomic E-state index is 0.0452. The average Bonchev–Trinajstić information content (AvgIpc) is 2.72. The second kappa shape index (κ2) is 6.03. The highest BCUT2D eigenvalue weighted by Crippen LogP contribution is 2.26. The van der Waals surface area contributed by atoms with Gasteiger partial charge in [-0.1, -0.05) is 20.8 Å². The minimum Gasteiger partial charge on any atom is -0.481 e. The van der Waals surface area contributed by atoms with E-state index in [-0.39, 0.29) is 18.2 Å². The predicted octanol–water partition coefficient (Wildman–Crippen LogP) is 1.39. The molecule has 6 nitrogen and oxygen atoms in total. The number of hydrogen-bond acceptors (Lipinski definition) is 3. The smallest absolute Gasteiger partial charge is 0.305 e. The maximum Gasteiger partial charge on any atom is 0.305 e. The van der Waals surface area contributed by atoms with Crippen LogP contribution in [0.15, 0.2) is 0 Å². The van der Waals surface area contributed by atoms with Gasteiger partial charge in [0.05, 0.1) is 6.42 Å². The molecule has 1 heterocycles. The average molecular weight is 298 g/mol. The Morgan fingerprint density at radius 1 is 1.19 bits per heavy atom. The first-order valence-corrected chi connectivity index (χ1v) is 7.29. The zero-order valence-corrected chi connectivity index (χ0v) is 13.5. The molecule has 2 amide bonds. The predicted molar refractivity (Wildman–Crippen MR) is 78.7 cm³/mol. The van der Waals surface area contributed by atoms with Crippen LogP contribution in [0.2, 0.25) is 0 Å². The Hall–Kier alpha value is -1.59. The maximum atomic E-state index is 12.4. The van der Waals surface area contributed by atoms with Crippen molar-refractivity contribution in [2.45, 2.75) is 65.5 Å². The molecule has 21 heavy (non-hydrogen) atoms. The lowest BCUT2D eigenvalue weighted by atomic mass is 9.94. The van der Waals surface area contributed by atoms with E-state index < -0.39 is 23.0 Å². The SMILES string of the molecule is CC(C)(CC(=O)O)NC(=O)C1CCCN1C(=O)C(C)(C)C. The molecule has 2 N–H and O–H groups in total. The Bertz CT molecular complexity index is 437. The Labute approximate surface area is 125 Å². The van der Waals surface area contributed by atoms with E-state index >= 15 is 0 Å². The van der Waals surface area contributed by atoms with E-state index in [9.17, 15) is 14.4 Å². The van der Waals surface area contributed by atoms with Gasteiger partial charge in [0, 0.05) is 17.5 Å². The third-order valence-corrected chi connectivity index (χ3v) is 3.51. The molecule has 0 bridgehead atoms. The zero-order chi connectivity index (χ0) is 16.4. The number of carboxylic acid groups (broad SMARTS) is 1. The topological polar surface area (TPSA) is 86.7 Å². The fraction of sp³-hybridized carbons (Fsp3) is 0.800. The lowest BCUT2D eigenvalue weighted by molar-refractivity contribution is -0.145. The van der Waals surface area contributed by atoms with E-state index in [1.54, 1.807) is 18.7 Å². The highest BCUT2D eigenvalue weighted by atomic mass is 16.4. The van der Waals surface area contributed by atoms with Crippen molar-refractivity contribution in [3.05, 3.63) is 0 Å². The number of carboxylic acids is 1. The first-order valence-electron chi connectivity index (χ1n) is 7.29. The van der Waals surface area contributed by atoms with Crippen LogP contribution in [-0.2, 0) is 14.4 Å². The molecule has 1 fully saturated rings. The first kappa shape index (κ1) is 17.5. The molecule has 0 spiro atoms. The van der Waals surface area contributed by atoms with Crippen LogP contribution >= 0.6 is 0 Å². The molecular formula is C15H26N2O4. The van der Waals surface area contributed by atoms with Gasteiger partial charge in [-0.3, -0.25) is 14.4 Å². The number of nitrogens with zero attached hydrogens (tertiary/aromatic N) is 1. The highest BCUT2D eigenvalue weighted by Gasteiger charge is 2.39. The van der Waals surface area contributed by atoms with Crippen molar-refractivity contribution < 1.29 is 19.5 Å². The Kier molecular flexibility index (Phi) is 5.02. The summed E-state index contributed by atoms with van der Waals surface area (Å²) in [4.78, 5) is 37.2. The van der Waals surface area contributed by atoms with Gasteiger partial charge < -0.3 is 15.3 Å². The fourth-order valence-corrected chi connectivity index (χ4v) is 2.55. The number of amides is 2. The lowest BCUT2D eigenvalue weighted by Gasteiger charge is -2.32. The van der Waals surface area contributed by atoms with E-state index in [0.29, 0.717) is 13.0 Å². The van der Waals surface area contributed by atoms with Crippen LogP contribution in [0.4, 0.5) is 0 Å². The summed E-state index contributed by atoms with van der Waals surface area (Å²) in [5, 5.41) is 11.6. The van der Waals surface area contributed by atoms with Gasteiger partial charge in [0.1, 0.15) is 6.04 Å². The molecule has 0 aromatic heterocycles. The molecule has 1 atom stereocenters. The van der Waals surface area contributed by atoms with Gasteiger partial charge in [-0.2, -0.15) is 0 Å². The molecule has 1 saturated heterocycles. The third kappa shape index (κ3) is 4.72. The van der Waals surface area contributed by atoms with Gasteiger partial charge in [0.2, 0.25) is 11.8 Å². The van der Waals surface area contributed by atoms with Gasteiger partial charge in [-0.05, 0) is 26.7 Å². The monoisotopic (exact) mass is 298 g/mol. The standard InChI is InChI=1S/C15H26N2O4/c1-14(2,3)13(21)17-8-6-7-10(17)12(20)16-15(4,5)9-11(18)19/h10H,6-9H2,1-5H3,(H,16,20)(H,18,19). The van der Waals surface area contributed by atoms with Crippen molar-refractivity contribution in [2.75, 3.05) is 6.54 Å². The van der Waals surface area contributed by atoms with E-state index in [1.807, 2.05) is 20.8 Å². The van der Waals surface area contributed by atoms with Crippen LogP contribution in [-0.4, -0.2) is 45.9 Å². The zero-order valence-electron chi connectivity index (χ0n) is 13.5. The quantitative estimate of drug-likeness (QED) is 0.821. The van der Waals surface area contributed by atoms with Crippen LogP contribution in [0.5, 0.6) is 0 Å². The van der Waals surface area contributed by atoms with Crippen molar-refractivity contribution in [3.8, 4) is 0 Å². The second-order valence-electron chi connectivity index (χ2n) is 7.35. The molecule has 120 valence electrons. The molecule has 1 rings (SSSR count). The lowest BCUT2D eigenvalue weighted by Crippen LogP contribution is -2.54. The van der Waals surface area contributed by atoms with Crippen molar-refractivity contribution in [1.82, 2.24) is 10.2 Å². The Morgan fingerprint density at radius 3 is 2.24 bits per heavy atom. The summed E-state index contributed by atoms with van der Waals surface area (Å²) in [5.41, 5.74) is -1.36. The van der Waals surface area contributed by atoms with Gasteiger partial charge >= 0.3 is 5.97 Å². The summed E-state index contributed by atoms with van der Waals surface area (Å²) in [6.45, 7) is 9.41. The summed E-state index contributed by atoms with van der Waals surface area (Å²) < 4.78 is 0. The number of aliphatic carboxylic acids is 1. The van der Waals surface area contributed by atoms with E-state index in [1.165, 1.54) is 0 Å². The van der Waals surface area contributed by atoms with E-state index in [2.05, 4.69) is 5.32 Å². The molecule has 0 radical (unpaired) electrons. The van der Waals surface area contributed by atoms with E-state index in [4.69, 9.17) is 5.11 Å². The number of nitrogens with one attached hydrogen (secondary N) is 1. The van der Waals surface area contributed by atoms with Gasteiger partial charge in [-0.25, -0.2) is 0 Å². The van der Waals surface area contributed by atoms with Gasteiger partial charge in [-0.15, -0.1) is 0 Å². The maximum absolute atomic E-state index is 12.4. The largest absolute Gasteiger partial charge is 0.481 e. The first-order chi connectivity index (χ1) is 9.44. The Morgan fingerprint density at radius 2 is 1.76 bits per heavy atom. The third-order valence-electron chi connectivity index (χ3n) is 3.51. The molecule has 0 saturated carbocycles.